The van der Waals surface area contributed by atoms with Crippen molar-refractivity contribution in [2.45, 2.75) is 6.92 Å². The van der Waals surface area contributed by atoms with Crippen LogP contribution in [0.15, 0.2) is 46.9 Å². The van der Waals surface area contributed by atoms with Crippen LogP contribution in [0.3, 0.4) is 0 Å². The van der Waals surface area contributed by atoms with Gasteiger partial charge in [0.15, 0.2) is 0 Å². The topological polar surface area (TPSA) is 18.5 Å². The smallest absolute Gasteiger partial charge is 0.135 e. The van der Waals surface area contributed by atoms with Crippen LogP contribution in [0.5, 0.6) is 11.5 Å². The Bertz CT molecular complexity index is 643. The number of allylic oxidation sites excluding steroid dienone is 1. The van der Waals surface area contributed by atoms with Crippen molar-refractivity contribution >= 4 is 22.0 Å². The molecule has 0 atom stereocenters. The lowest BCUT2D eigenvalue weighted by Gasteiger charge is -2.03. The molecule has 2 nitrogen and oxygen atoms in total. The number of methoxy groups -OCH3 is 2. The molecule has 0 saturated heterocycles. The van der Waals surface area contributed by atoms with Crippen molar-refractivity contribution in [3.8, 4) is 11.5 Å². The first-order valence-electron chi connectivity index (χ1n) is 6.47. The van der Waals surface area contributed by atoms with E-state index in [-0.39, 0.29) is 11.6 Å². The second kappa shape index (κ2) is 9.20. The zero-order chi connectivity index (χ0) is 16.5. The van der Waals surface area contributed by atoms with Crippen molar-refractivity contribution in [3.05, 3.63) is 64.1 Å². The van der Waals surface area contributed by atoms with E-state index in [1.165, 1.54) is 38.5 Å². The Morgan fingerprint density at radius 2 is 1.45 bits per heavy atom. The minimum absolute atomic E-state index is 0.278. The largest absolute Gasteiger partial charge is 0.496 e. The van der Waals surface area contributed by atoms with Gasteiger partial charge in [-0.05, 0) is 47.1 Å². The molecule has 2 rings (SSSR count). The van der Waals surface area contributed by atoms with Crippen molar-refractivity contribution in [1.82, 2.24) is 0 Å². The molecule has 0 unspecified atom stereocenters. The summed E-state index contributed by atoms with van der Waals surface area (Å²) in [4.78, 5) is 0. The van der Waals surface area contributed by atoms with E-state index < -0.39 is 0 Å². The Hall–Kier alpha value is -1.88. The Labute approximate surface area is 137 Å². The number of hydrogen-bond donors (Lipinski definition) is 0. The lowest BCUT2D eigenvalue weighted by Crippen LogP contribution is -1.87. The van der Waals surface area contributed by atoms with Gasteiger partial charge in [-0.1, -0.05) is 12.2 Å². The van der Waals surface area contributed by atoms with E-state index >= 15 is 0 Å². The highest BCUT2D eigenvalue weighted by Crippen LogP contribution is 2.24. The summed E-state index contributed by atoms with van der Waals surface area (Å²) in [6.07, 6.45) is 3.76. The second-order valence-corrected chi connectivity index (χ2v) is 5.02. The van der Waals surface area contributed by atoms with E-state index in [0.29, 0.717) is 11.5 Å². The van der Waals surface area contributed by atoms with Gasteiger partial charge in [-0.3, -0.25) is 0 Å². The third-order valence-electron chi connectivity index (χ3n) is 2.65. The second-order valence-electron chi connectivity index (χ2n) is 4.17. The summed E-state index contributed by atoms with van der Waals surface area (Å²) in [5, 5.41) is 0. The number of hydrogen-bond acceptors (Lipinski definition) is 2. The zero-order valence-electron chi connectivity index (χ0n) is 12.6. The molecule has 0 N–H and O–H groups in total. The average molecular weight is 371 g/mol. The minimum Gasteiger partial charge on any atom is -0.496 e. The molecule has 0 radical (unpaired) electrons. The SMILES string of the molecule is C/C=C/c1ccc(F)cc1OC.COc1cc(F)ccc1Br. The molecule has 0 heterocycles. The Balaban J connectivity index is 0.000000224. The van der Waals surface area contributed by atoms with Gasteiger partial charge < -0.3 is 9.47 Å². The fraction of sp³-hybridized carbons (Fsp3) is 0.176. The molecule has 2 aromatic carbocycles. The van der Waals surface area contributed by atoms with Crippen molar-refractivity contribution in [2.24, 2.45) is 0 Å². The monoisotopic (exact) mass is 370 g/mol. The van der Waals surface area contributed by atoms with Crippen LogP contribution in [0.1, 0.15) is 12.5 Å². The summed E-state index contributed by atoms with van der Waals surface area (Å²) in [6, 6.07) is 8.77. The number of ether oxygens (including phenoxy) is 2. The maximum atomic E-state index is 12.7. The van der Waals surface area contributed by atoms with Gasteiger partial charge in [0.25, 0.3) is 0 Å². The molecule has 0 aliphatic heterocycles. The van der Waals surface area contributed by atoms with E-state index in [9.17, 15) is 8.78 Å². The molecule has 118 valence electrons. The van der Waals surface area contributed by atoms with E-state index in [4.69, 9.17) is 9.47 Å². The van der Waals surface area contributed by atoms with Crippen LogP contribution in [0.25, 0.3) is 6.08 Å². The predicted molar refractivity (Wildman–Crippen MR) is 88.3 cm³/mol. The highest BCUT2D eigenvalue weighted by Gasteiger charge is 2.00. The third-order valence-corrected chi connectivity index (χ3v) is 3.31. The Morgan fingerprint density at radius 1 is 0.909 bits per heavy atom. The van der Waals surface area contributed by atoms with Crippen LogP contribution in [0.2, 0.25) is 0 Å². The van der Waals surface area contributed by atoms with Crippen LogP contribution in [-0.2, 0) is 0 Å². The highest BCUT2D eigenvalue weighted by atomic mass is 79.9. The molecule has 2 aromatic rings. The highest BCUT2D eigenvalue weighted by molar-refractivity contribution is 9.10. The van der Waals surface area contributed by atoms with Gasteiger partial charge in [-0.25, -0.2) is 8.78 Å². The molecule has 0 spiro atoms. The maximum absolute atomic E-state index is 12.7. The molecule has 0 fully saturated rings. The summed E-state index contributed by atoms with van der Waals surface area (Å²) in [5.41, 5.74) is 0.890. The summed E-state index contributed by atoms with van der Waals surface area (Å²) >= 11 is 3.20. The summed E-state index contributed by atoms with van der Waals surface area (Å²) < 4.78 is 35.7. The van der Waals surface area contributed by atoms with Crippen LogP contribution >= 0.6 is 15.9 Å². The van der Waals surface area contributed by atoms with Crippen LogP contribution < -0.4 is 9.47 Å². The molecular formula is C17H17BrF2O2. The molecule has 0 aromatic heterocycles. The van der Waals surface area contributed by atoms with E-state index in [1.807, 2.05) is 19.1 Å². The first-order valence-corrected chi connectivity index (χ1v) is 7.26. The van der Waals surface area contributed by atoms with E-state index in [1.54, 1.807) is 12.1 Å². The molecule has 0 bridgehead atoms. The van der Waals surface area contributed by atoms with Gasteiger partial charge >= 0.3 is 0 Å². The van der Waals surface area contributed by atoms with E-state index in [0.717, 1.165) is 10.0 Å². The Morgan fingerprint density at radius 3 is 1.95 bits per heavy atom. The van der Waals surface area contributed by atoms with Crippen LogP contribution in [0, 0.1) is 11.6 Å². The molecule has 22 heavy (non-hydrogen) atoms. The molecule has 0 aliphatic carbocycles. The van der Waals surface area contributed by atoms with Crippen LogP contribution in [0.4, 0.5) is 8.78 Å². The lowest BCUT2D eigenvalue weighted by atomic mass is 10.2. The Kier molecular flexibility index (Phi) is 7.60. The quantitative estimate of drug-likeness (QED) is 0.713. The number of benzene rings is 2. The number of halogens is 3. The van der Waals surface area contributed by atoms with Gasteiger partial charge in [0.2, 0.25) is 0 Å². The molecular weight excluding hydrogens is 354 g/mol. The van der Waals surface area contributed by atoms with Gasteiger partial charge in [0.1, 0.15) is 23.1 Å². The summed E-state index contributed by atoms with van der Waals surface area (Å²) in [5.74, 6) is 0.508. The summed E-state index contributed by atoms with van der Waals surface area (Å²) in [7, 11) is 3.03. The average Bonchev–Trinajstić information content (AvgIpc) is 2.52. The van der Waals surface area contributed by atoms with E-state index in [2.05, 4.69) is 15.9 Å². The van der Waals surface area contributed by atoms with Gasteiger partial charge in [0, 0.05) is 17.7 Å². The summed E-state index contributed by atoms with van der Waals surface area (Å²) in [6.45, 7) is 1.91. The molecule has 0 amide bonds. The van der Waals surface area contributed by atoms with Gasteiger partial charge in [0.05, 0.1) is 18.7 Å². The maximum Gasteiger partial charge on any atom is 0.135 e. The standard InChI is InChI=1S/C10H11FO.C7H6BrFO/c1-3-4-8-5-6-9(11)7-10(8)12-2;1-10-7-4-5(9)2-3-6(7)8/h3-7H,1-2H3;2-4H,1H3/b4-3+;. The first-order chi connectivity index (χ1) is 10.5. The molecule has 5 heteroatoms. The minimum atomic E-state index is -0.292. The fourth-order valence-corrected chi connectivity index (χ4v) is 2.04. The molecule has 0 saturated carbocycles. The lowest BCUT2D eigenvalue weighted by molar-refractivity contribution is 0.408. The van der Waals surface area contributed by atoms with Crippen molar-refractivity contribution in [2.75, 3.05) is 14.2 Å². The van der Waals surface area contributed by atoms with Crippen molar-refractivity contribution in [1.29, 1.82) is 0 Å². The zero-order valence-corrected chi connectivity index (χ0v) is 14.2. The van der Waals surface area contributed by atoms with Crippen molar-refractivity contribution in [3.63, 3.8) is 0 Å². The van der Waals surface area contributed by atoms with Crippen LogP contribution in [-0.4, -0.2) is 14.2 Å². The van der Waals surface area contributed by atoms with Crippen molar-refractivity contribution < 1.29 is 18.3 Å². The fourth-order valence-electron chi connectivity index (χ4n) is 1.64. The normalized spacial score (nSPS) is 10.1. The van der Waals surface area contributed by atoms with Gasteiger partial charge in [-0.2, -0.15) is 0 Å². The third kappa shape index (κ3) is 5.48. The number of rotatable bonds is 3. The molecule has 0 aliphatic rings. The first kappa shape index (κ1) is 18.2. The predicted octanol–water partition coefficient (Wildman–Crippen LogP) is 5.46. The van der Waals surface area contributed by atoms with Gasteiger partial charge in [-0.15, -0.1) is 0 Å².